The zero-order valence-electron chi connectivity index (χ0n) is 20.6. The zero-order chi connectivity index (χ0) is 24.2. The topological polar surface area (TPSA) is 61.8 Å². The van der Waals surface area contributed by atoms with Gasteiger partial charge in [0.05, 0.1) is 7.11 Å². The molecule has 0 aromatic heterocycles. The van der Waals surface area contributed by atoms with E-state index in [4.69, 9.17) is 4.74 Å². The van der Waals surface area contributed by atoms with Crippen LogP contribution in [-0.4, -0.2) is 48.3 Å². The maximum Gasteiger partial charge on any atom is 0.223 e. The molecular weight excluding hydrogens is 424 g/mol. The Labute approximate surface area is 203 Å². The van der Waals surface area contributed by atoms with Crippen LogP contribution >= 0.6 is 0 Å². The van der Waals surface area contributed by atoms with Crippen LogP contribution in [0.1, 0.15) is 49.8 Å². The minimum absolute atomic E-state index is 0.168. The van der Waals surface area contributed by atoms with Gasteiger partial charge in [0, 0.05) is 24.6 Å². The molecule has 1 heterocycles. The van der Waals surface area contributed by atoms with Crippen molar-refractivity contribution in [2.75, 3.05) is 26.7 Å². The van der Waals surface area contributed by atoms with Crippen molar-refractivity contribution in [3.8, 4) is 17.6 Å². The molecule has 0 radical (unpaired) electrons. The number of benzene rings is 2. The van der Waals surface area contributed by atoms with E-state index in [-0.39, 0.29) is 17.2 Å². The number of aliphatic hydroxyl groups is 1. The Bertz CT molecular complexity index is 1050. The highest BCUT2D eigenvalue weighted by Crippen LogP contribution is 2.59. The number of ether oxygens (including phenoxy) is 1. The van der Waals surface area contributed by atoms with Crippen LogP contribution in [0.15, 0.2) is 48.5 Å². The molecule has 1 unspecified atom stereocenters. The van der Waals surface area contributed by atoms with Gasteiger partial charge in [-0.2, -0.15) is 0 Å². The highest BCUT2D eigenvalue weighted by atomic mass is 16.5. The fourth-order valence-electron chi connectivity index (χ4n) is 4.96. The van der Waals surface area contributed by atoms with Gasteiger partial charge in [-0.25, -0.2) is 0 Å². The van der Waals surface area contributed by atoms with Crippen molar-refractivity contribution in [3.63, 3.8) is 0 Å². The highest BCUT2D eigenvalue weighted by Gasteiger charge is 2.58. The van der Waals surface area contributed by atoms with Gasteiger partial charge >= 0.3 is 0 Å². The molecular formula is C29H36N2O3. The zero-order valence-corrected chi connectivity index (χ0v) is 20.6. The molecule has 1 saturated carbocycles. The first-order valence-corrected chi connectivity index (χ1v) is 12.2. The van der Waals surface area contributed by atoms with Gasteiger partial charge in [0.2, 0.25) is 5.91 Å². The van der Waals surface area contributed by atoms with Crippen molar-refractivity contribution in [2.24, 2.45) is 11.3 Å². The normalized spacial score (nSPS) is 19.2. The average Bonchev–Trinajstić information content (AvgIpc) is 3.53. The lowest BCUT2D eigenvalue weighted by Crippen LogP contribution is -2.37. The Morgan fingerprint density at radius 1 is 1.18 bits per heavy atom. The number of hydrogen-bond acceptors (Lipinski definition) is 4. The summed E-state index contributed by atoms with van der Waals surface area (Å²) in [6.45, 7) is 7.01. The second kappa shape index (κ2) is 10.2. The standard InChI is InChI=1S/C29H36N2O3/c1-28(2,33)14-12-22-8-10-23(11-9-22)21-31-18-15-29(16-19-31)20-25(29)27(32)30-17-13-24-6-4-5-7-26(24)34-3/h4-11,25,33H,13,15-21H2,1-3H3,(H,30,32). The Kier molecular flexibility index (Phi) is 7.30. The quantitative estimate of drug-likeness (QED) is 0.618. The van der Waals surface area contributed by atoms with Crippen molar-refractivity contribution in [1.29, 1.82) is 0 Å². The SMILES string of the molecule is COc1ccccc1CCNC(=O)C1CC12CCN(Cc1ccc(C#CC(C)(C)O)cc1)CC2. The summed E-state index contributed by atoms with van der Waals surface area (Å²) in [5.74, 6) is 7.13. The lowest BCUT2D eigenvalue weighted by Gasteiger charge is -2.32. The molecule has 5 nitrogen and oxygen atoms in total. The Morgan fingerprint density at radius 3 is 2.56 bits per heavy atom. The molecule has 4 rings (SSSR count). The smallest absolute Gasteiger partial charge is 0.223 e. The number of methoxy groups -OCH3 is 1. The van der Waals surface area contributed by atoms with E-state index in [1.807, 2.05) is 30.3 Å². The van der Waals surface area contributed by atoms with Crippen LogP contribution in [0.3, 0.4) is 0 Å². The van der Waals surface area contributed by atoms with Crippen LogP contribution in [0, 0.1) is 23.2 Å². The first-order chi connectivity index (χ1) is 16.3. The second-order valence-electron chi connectivity index (χ2n) is 10.3. The molecule has 1 saturated heterocycles. The maximum atomic E-state index is 12.8. The number of nitrogens with one attached hydrogen (secondary N) is 1. The number of amides is 1. The number of piperidine rings is 1. The average molecular weight is 461 g/mol. The number of rotatable bonds is 7. The maximum absolute atomic E-state index is 12.8. The number of carbonyl (C=O) groups is 1. The van der Waals surface area contributed by atoms with Crippen molar-refractivity contribution in [2.45, 2.75) is 51.7 Å². The molecule has 5 heteroatoms. The van der Waals surface area contributed by atoms with Crippen LogP contribution in [-0.2, 0) is 17.8 Å². The second-order valence-corrected chi connectivity index (χ2v) is 10.3. The summed E-state index contributed by atoms with van der Waals surface area (Å²) in [5, 5.41) is 12.9. The van der Waals surface area contributed by atoms with E-state index in [1.54, 1.807) is 21.0 Å². The number of carbonyl (C=O) groups excluding carboxylic acids is 1. The van der Waals surface area contributed by atoms with Crippen LogP contribution < -0.4 is 10.1 Å². The minimum Gasteiger partial charge on any atom is -0.496 e. The van der Waals surface area contributed by atoms with E-state index < -0.39 is 5.60 Å². The fourth-order valence-corrected chi connectivity index (χ4v) is 4.96. The number of para-hydroxylation sites is 1. The highest BCUT2D eigenvalue weighted by molar-refractivity contribution is 5.82. The first kappa shape index (κ1) is 24.3. The van der Waals surface area contributed by atoms with E-state index in [9.17, 15) is 9.90 Å². The van der Waals surface area contributed by atoms with Gasteiger partial charge in [0.1, 0.15) is 11.4 Å². The molecule has 1 amide bonds. The third kappa shape index (κ3) is 6.20. The van der Waals surface area contributed by atoms with Gasteiger partial charge in [-0.1, -0.05) is 42.2 Å². The summed E-state index contributed by atoms with van der Waals surface area (Å²) in [6, 6.07) is 16.3. The predicted octanol–water partition coefficient (Wildman–Crippen LogP) is 3.78. The fraction of sp³-hybridized carbons (Fsp3) is 0.483. The molecule has 0 bridgehead atoms. The molecule has 2 aromatic carbocycles. The number of hydrogen-bond donors (Lipinski definition) is 2. The molecule has 2 fully saturated rings. The van der Waals surface area contributed by atoms with Gasteiger partial charge in [-0.05, 0) is 87.4 Å². The third-order valence-electron chi connectivity index (χ3n) is 7.12. The Morgan fingerprint density at radius 2 is 1.88 bits per heavy atom. The minimum atomic E-state index is -0.977. The van der Waals surface area contributed by atoms with Gasteiger partial charge in [-0.15, -0.1) is 0 Å². The van der Waals surface area contributed by atoms with E-state index in [2.05, 4.69) is 40.3 Å². The molecule has 2 aliphatic rings. The molecule has 2 N–H and O–H groups in total. The Balaban J connectivity index is 1.20. The lowest BCUT2D eigenvalue weighted by atomic mass is 9.90. The number of nitrogens with zero attached hydrogens (tertiary/aromatic N) is 1. The van der Waals surface area contributed by atoms with Crippen LogP contribution in [0.2, 0.25) is 0 Å². The van der Waals surface area contributed by atoms with E-state index in [0.717, 1.165) is 62.2 Å². The van der Waals surface area contributed by atoms with E-state index >= 15 is 0 Å². The van der Waals surface area contributed by atoms with Gasteiger partial charge < -0.3 is 15.2 Å². The molecule has 180 valence electrons. The van der Waals surface area contributed by atoms with Crippen molar-refractivity contribution in [3.05, 3.63) is 65.2 Å². The number of likely N-dealkylation sites (tertiary alicyclic amines) is 1. The van der Waals surface area contributed by atoms with Gasteiger partial charge in [0.15, 0.2) is 0 Å². The summed E-state index contributed by atoms with van der Waals surface area (Å²) in [6.07, 6.45) is 3.99. The van der Waals surface area contributed by atoms with Crippen molar-refractivity contribution >= 4 is 5.91 Å². The van der Waals surface area contributed by atoms with Crippen molar-refractivity contribution in [1.82, 2.24) is 10.2 Å². The molecule has 1 atom stereocenters. The molecule has 34 heavy (non-hydrogen) atoms. The molecule has 2 aromatic rings. The van der Waals surface area contributed by atoms with Crippen LogP contribution in [0.5, 0.6) is 5.75 Å². The Hall–Kier alpha value is -2.81. The summed E-state index contributed by atoms with van der Waals surface area (Å²) < 4.78 is 5.40. The largest absolute Gasteiger partial charge is 0.496 e. The first-order valence-electron chi connectivity index (χ1n) is 12.2. The monoisotopic (exact) mass is 460 g/mol. The summed E-state index contributed by atoms with van der Waals surface area (Å²) in [7, 11) is 1.68. The van der Waals surface area contributed by atoms with Gasteiger partial charge in [0.25, 0.3) is 0 Å². The van der Waals surface area contributed by atoms with Gasteiger partial charge in [-0.3, -0.25) is 9.69 Å². The van der Waals surface area contributed by atoms with Crippen LogP contribution in [0.25, 0.3) is 0 Å². The van der Waals surface area contributed by atoms with Crippen LogP contribution in [0.4, 0.5) is 0 Å². The summed E-state index contributed by atoms with van der Waals surface area (Å²) in [4.78, 5) is 15.2. The molecule has 1 aliphatic heterocycles. The summed E-state index contributed by atoms with van der Waals surface area (Å²) in [5.41, 5.74) is 2.55. The van der Waals surface area contributed by atoms with E-state index in [1.165, 1.54) is 5.56 Å². The molecule has 1 spiro atoms. The predicted molar refractivity (Wildman–Crippen MR) is 134 cm³/mol. The van der Waals surface area contributed by atoms with E-state index in [0.29, 0.717) is 6.54 Å². The molecule has 1 aliphatic carbocycles. The van der Waals surface area contributed by atoms with Crippen molar-refractivity contribution < 1.29 is 14.6 Å². The lowest BCUT2D eigenvalue weighted by molar-refractivity contribution is -0.123. The third-order valence-corrected chi connectivity index (χ3v) is 7.12. The summed E-state index contributed by atoms with van der Waals surface area (Å²) >= 11 is 0.